The van der Waals surface area contributed by atoms with Gasteiger partial charge in [-0.1, -0.05) is 36.4 Å². The minimum absolute atomic E-state index is 0.292. The fourth-order valence-corrected chi connectivity index (χ4v) is 4.90. The van der Waals surface area contributed by atoms with Crippen molar-refractivity contribution in [1.29, 1.82) is 0 Å². The van der Waals surface area contributed by atoms with E-state index >= 15 is 0 Å². The second-order valence-electron chi connectivity index (χ2n) is 7.44. The molecule has 1 unspecified atom stereocenters. The number of nitrogens with zero attached hydrogens (tertiary/aromatic N) is 2. The van der Waals surface area contributed by atoms with Crippen molar-refractivity contribution in [3.63, 3.8) is 0 Å². The molecule has 0 fully saturated rings. The summed E-state index contributed by atoms with van der Waals surface area (Å²) in [5, 5.41) is 5.66. The highest BCUT2D eigenvalue weighted by Crippen LogP contribution is 2.31. The zero-order valence-electron chi connectivity index (χ0n) is 17.3. The Hall–Kier alpha value is -4.17. The number of amides is 2. The van der Waals surface area contributed by atoms with Crippen molar-refractivity contribution in [2.24, 2.45) is 0 Å². The van der Waals surface area contributed by atoms with Crippen LogP contribution < -0.4 is 10.6 Å². The molecule has 0 radical (unpaired) electrons. The van der Waals surface area contributed by atoms with Crippen molar-refractivity contribution in [2.45, 2.75) is 16.3 Å². The van der Waals surface area contributed by atoms with Crippen LogP contribution in [0.4, 0.5) is 5.69 Å². The predicted molar refractivity (Wildman–Crippen MR) is 124 cm³/mol. The second-order valence-corrected chi connectivity index (χ2v) is 8.85. The fraction of sp³-hybridized carbons (Fsp3) is 0.0400. The summed E-state index contributed by atoms with van der Waals surface area (Å²) in [6.07, 6.45) is 4.97. The van der Waals surface area contributed by atoms with Crippen LogP contribution in [0.5, 0.6) is 0 Å². The lowest BCUT2D eigenvalue weighted by atomic mass is 10.1. The molecule has 2 amide bonds. The van der Waals surface area contributed by atoms with Crippen LogP contribution in [0.15, 0.2) is 95.2 Å². The maximum absolute atomic E-state index is 13.0. The zero-order chi connectivity index (χ0) is 22.8. The summed E-state index contributed by atoms with van der Waals surface area (Å²) in [4.78, 5) is 34.3. The lowest BCUT2D eigenvalue weighted by Gasteiger charge is -2.10. The van der Waals surface area contributed by atoms with Gasteiger partial charge in [-0.25, -0.2) is 14.2 Å². The summed E-state index contributed by atoms with van der Waals surface area (Å²) < 4.78 is 13.0. The molecule has 0 bridgehead atoms. The van der Waals surface area contributed by atoms with Crippen molar-refractivity contribution in [3.05, 3.63) is 102 Å². The normalized spacial score (nSPS) is 14.4. The molecule has 1 atom stereocenters. The predicted octanol–water partition coefficient (Wildman–Crippen LogP) is 3.81. The van der Waals surface area contributed by atoms with Crippen LogP contribution in [0.25, 0.3) is 11.1 Å². The van der Waals surface area contributed by atoms with Crippen molar-refractivity contribution >= 4 is 28.3 Å². The van der Waals surface area contributed by atoms with Crippen LogP contribution in [0.3, 0.4) is 0 Å². The highest BCUT2D eigenvalue weighted by Gasteiger charge is 2.25. The Morgan fingerprint density at radius 2 is 1.67 bits per heavy atom. The monoisotopic (exact) mass is 454 g/mol. The number of carbonyl (C=O) groups excluding carboxylic acids is 2. The quantitative estimate of drug-likeness (QED) is 0.488. The lowest BCUT2D eigenvalue weighted by molar-refractivity contribution is 0.0949. The molecule has 5 rings (SSSR count). The molecule has 0 saturated carbocycles. The zero-order valence-corrected chi connectivity index (χ0v) is 18.1. The minimum Gasteiger partial charge on any atom is -0.348 e. The topological polar surface area (TPSA) is 101 Å². The van der Waals surface area contributed by atoms with Gasteiger partial charge >= 0.3 is 0 Å². The Kier molecular flexibility index (Phi) is 5.50. The van der Waals surface area contributed by atoms with Crippen LogP contribution in [0, 0.1) is 0 Å². The number of rotatable bonds is 4. The maximum Gasteiger partial charge on any atom is 0.256 e. The molecule has 0 spiro atoms. The molecular weight excluding hydrogens is 436 g/mol. The van der Waals surface area contributed by atoms with E-state index in [1.165, 1.54) is 6.33 Å². The van der Waals surface area contributed by atoms with Gasteiger partial charge in [0.05, 0.1) is 31.8 Å². The van der Waals surface area contributed by atoms with Gasteiger partial charge in [0.25, 0.3) is 11.8 Å². The molecular formula is C25H18N4O3S. The number of nitrogens with one attached hydrogen (secondary N) is 2. The van der Waals surface area contributed by atoms with Gasteiger partial charge in [-0.2, -0.15) is 0 Å². The van der Waals surface area contributed by atoms with Crippen molar-refractivity contribution in [3.8, 4) is 11.1 Å². The average Bonchev–Trinajstić information content (AvgIpc) is 2.97. The molecule has 8 heteroatoms. The highest BCUT2D eigenvalue weighted by atomic mass is 32.2. The first-order valence-electron chi connectivity index (χ1n) is 10.2. The summed E-state index contributed by atoms with van der Waals surface area (Å²) in [5.74, 6) is -0.640. The number of carbonyl (C=O) groups is 2. The first-order chi connectivity index (χ1) is 16.1. The second kappa shape index (κ2) is 8.76. The van der Waals surface area contributed by atoms with E-state index in [1.807, 2.05) is 24.3 Å². The molecule has 7 nitrogen and oxygen atoms in total. The Bertz CT molecular complexity index is 1390. The van der Waals surface area contributed by atoms with Gasteiger partial charge < -0.3 is 10.6 Å². The van der Waals surface area contributed by atoms with Crippen molar-refractivity contribution in [2.75, 3.05) is 5.32 Å². The van der Waals surface area contributed by atoms with E-state index in [4.69, 9.17) is 0 Å². The molecule has 1 aliphatic rings. The molecule has 0 saturated heterocycles. The Morgan fingerprint density at radius 3 is 2.45 bits per heavy atom. The van der Waals surface area contributed by atoms with E-state index < -0.39 is 10.8 Å². The molecule has 4 aromatic rings. The van der Waals surface area contributed by atoms with Gasteiger partial charge in [-0.3, -0.25) is 9.59 Å². The van der Waals surface area contributed by atoms with Crippen molar-refractivity contribution < 1.29 is 13.8 Å². The first-order valence-corrected chi connectivity index (χ1v) is 11.3. The molecule has 1 aliphatic heterocycles. The fourth-order valence-electron chi connectivity index (χ4n) is 3.60. The van der Waals surface area contributed by atoms with Crippen LogP contribution in [0.2, 0.25) is 0 Å². The standard InChI is InChI=1S/C25H18N4O3S/c30-24(28-12-16-5-7-17(8-6-16)19-13-26-15-27-14-19)18-9-10-23-21(11-18)29-25(31)20-3-1-2-4-22(20)33(23)32/h1-11,13-15H,12H2,(H,28,30)(H,29,31). The summed E-state index contributed by atoms with van der Waals surface area (Å²) in [6.45, 7) is 0.339. The molecule has 33 heavy (non-hydrogen) atoms. The Morgan fingerprint density at radius 1 is 0.909 bits per heavy atom. The van der Waals surface area contributed by atoms with Crippen LogP contribution in [-0.4, -0.2) is 26.0 Å². The summed E-state index contributed by atoms with van der Waals surface area (Å²) in [6, 6.07) is 19.3. The summed E-state index contributed by atoms with van der Waals surface area (Å²) >= 11 is 0. The van der Waals surface area contributed by atoms with Crippen LogP contribution in [0.1, 0.15) is 26.3 Å². The van der Waals surface area contributed by atoms with E-state index in [9.17, 15) is 13.8 Å². The molecule has 0 aliphatic carbocycles. The third-order valence-electron chi connectivity index (χ3n) is 5.32. The summed E-state index contributed by atoms with van der Waals surface area (Å²) in [5.41, 5.74) is 3.94. The van der Waals surface area contributed by atoms with Crippen LogP contribution >= 0.6 is 0 Å². The van der Waals surface area contributed by atoms with Gasteiger partial charge in [0.2, 0.25) is 0 Å². The van der Waals surface area contributed by atoms with Gasteiger partial charge in [0.1, 0.15) is 6.33 Å². The highest BCUT2D eigenvalue weighted by molar-refractivity contribution is 7.85. The average molecular weight is 455 g/mol. The largest absolute Gasteiger partial charge is 0.348 e. The minimum atomic E-state index is -1.53. The van der Waals surface area contributed by atoms with Gasteiger partial charge in [0.15, 0.2) is 0 Å². The van der Waals surface area contributed by atoms with Gasteiger partial charge in [-0.15, -0.1) is 0 Å². The number of benzene rings is 3. The third kappa shape index (κ3) is 4.16. The van der Waals surface area contributed by atoms with Gasteiger partial charge in [-0.05, 0) is 41.5 Å². The van der Waals surface area contributed by atoms with E-state index in [2.05, 4.69) is 20.6 Å². The van der Waals surface area contributed by atoms with Gasteiger partial charge in [0, 0.05) is 30.1 Å². The number of hydrogen-bond donors (Lipinski definition) is 2. The molecule has 1 aromatic heterocycles. The van der Waals surface area contributed by atoms with Crippen LogP contribution in [-0.2, 0) is 17.3 Å². The summed E-state index contributed by atoms with van der Waals surface area (Å²) in [7, 11) is -1.53. The van der Waals surface area contributed by atoms with Crippen molar-refractivity contribution in [1.82, 2.24) is 15.3 Å². The Balaban J connectivity index is 1.31. The molecule has 3 aromatic carbocycles. The molecule has 2 N–H and O–H groups in total. The van der Waals surface area contributed by atoms with E-state index in [0.717, 1.165) is 16.7 Å². The van der Waals surface area contributed by atoms with E-state index in [1.54, 1.807) is 54.9 Å². The SMILES string of the molecule is O=C(NCc1ccc(-c2cncnc2)cc1)c1ccc2c(c1)NC(=O)c1ccccc1S2=O. The first kappa shape index (κ1) is 20.7. The number of anilines is 1. The number of hydrogen-bond acceptors (Lipinski definition) is 5. The maximum atomic E-state index is 13.0. The number of aromatic nitrogens is 2. The smallest absolute Gasteiger partial charge is 0.256 e. The lowest BCUT2D eigenvalue weighted by Crippen LogP contribution is -2.23. The van der Waals surface area contributed by atoms with E-state index in [-0.39, 0.29) is 11.8 Å². The number of fused-ring (bicyclic) bond motifs is 2. The van der Waals surface area contributed by atoms with E-state index in [0.29, 0.717) is 33.2 Å². The molecule has 162 valence electrons. The third-order valence-corrected chi connectivity index (χ3v) is 6.83. The molecule has 2 heterocycles. The Labute approximate surface area is 192 Å².